The van der Waals surface area contributed by atoms with Crippen molar-refractivity contribution in [3.63, 3.8) is 0 Å². The van der Waals surface area contributed by atoms with Gasteiger partial charge in [-0.3, -0.25) is 0 Å². The van der Waals surface area contributed by atoms with Crippen LogP contribution in [0, 0.1) is 19.8 Å². The highest BCUT2D eigenvalue weighted by Gasteiger charge is 2.13. The summed E-state index contributed by atoms with van der Waals surface area (Å²) in [6.45, 7) is 8.60. The Morgan fingerprint density at radius 3 is 2.31 bits per heavy atom. The van der Waals surface area contributed by atoms with E-state index >= 15 is 0 Å². The van der Waals surface area contributed by atoms with Gasteiger partial charge in [-0.15, -0.1) is 0 Å². The second kappa shape index (κ2) is 5.35. The Bertz CT molecular complexity index is 358. The predicted molar refractivity (Wildman–Crippen MR) is 68.9 cm³/mol. The number of benzene rings is 1. The molecule has 0 aliphatic heterocycles. The minimum Gasteiger partial charge on any atom is -0.496 e. The summed E-state index contributed by atoms with van der Waals surface area (Å²) in [7, 11) is 1.70. The van der Waals surface area contributed by atoms with Gasteiger partial charge in [-0.2, -0.15) is 0 Å². The fraction of sp³-hybridized carbons (Fsp3) is 0.571. The summed E-state index contributed by atoms with van der Waals surface area (Å²) in [4.78, 5) is 0. The lowest BCUT2D eigenvalue weighted by Gasteiger charge is -2.19. The Balaban J connectivity index is 3.02. The highest BCUT2D eigenvalue weighted by Crippen LogP contribution is 2.29. The van der Waals surface area contributed by atoms with Gasteiger partial charge in [0.15, 0.2) is 0 Å². The quantitative estimate of drug-likeness (QED) is 0.846. The molecule has 1 aromatic rings. The maximum atomic E-state index is 6.22. The van der Waals surface area contributed by atoms with Crippen molar-refractivity contribution in [2.75, 3.05) is 7.11 Å². The van der Waals surface area contributed by atoms with Crippen LogP contribution >= 0.6 is 0 Å². The maximum Gasteiger partial charge on any atom is 0.122 e. The molecule has 0 aromatic heterocycles. The van der Waals surface area contributed by atoms with Crippen LogP contribution in [0.1, 0.15) is 43.0 Å². The van der Waals surface area contributed by atoms with Crippen LogP contribution in [0.4, 0.5) is 0 Å². The highest BCUT2D eigenvalue weighted by atomic mass is 16.5. The van der Waals surface area contributed by atoms with Gasteiger partial charge in [0, 0.05) is 6.04 Å². The number of hydrogen-bond acceptors (Lipinski definition) is 2. The number of rotatable bonds is 4. The van der Waals surface area contributed by atoms with E-state index in [9.17, 15) is 0 Å². The zero-order valence-electron chi connectivity index (χ0n) is 11.0. The molecule has 1 atom stereocenters. The molecular weight excluding hydrogens is 198 g/mol. The summed E-state index contributed by atoms with van der Waals surface area (Å²) >= 11 is 0. The SMILES string of the molecule is COc1ccc(C(N)CC(C)C)c(C)c1C. The van der Waals surface area contributed by atoms with Crippen molar-refractivity contribution in [1.82, 2.24) is 0 Å². The minimum absolute atomic E-state index is 0.129. The molecule has 2 N–H and O–H groups in total. The van der Waals surface area contributed by atoms with Gasteiger partial charge in [0.05, 0.1) is 7.11 Å². The molecule has 2 heteroatoms. The average Bonchev–Trinajstić information content (AvgIpc) is 2.20. The van der Waals surface area contributed by atoms with E-state index in [1.54, 1.807) is 7.11 Å². The van der Waals surface area contributed by atoms with Crippen LogP contribution in [-0.4, -0.2) is 7.11 Å². The molecular formula is C14H23NO. The molecule has 16 heavy (non-hydrogen) atoms. The van der Waals surface area contributed by atoms with Gasteiger partial charge in [-0.1, -0.05) is 19.9 Å². The number of nitrogens with two attached hydrogens (primary N) is 1. The molecule has 0 fully saturated rings. The third-order valence-corrected chi connectivity index (χ3v) is 3.12. The lowest BCUT2D eigenvalue weighted by molar-refractivity contribution is 0.410. The molecule has 0 heterocycles. The van der Waals surface area contributed by atoms with Crippen LogP contribution in [-0.2, 0) is 0 Å². The summed E-state index contributed by atoms with van der Waals surface area (Å²) in [6.07, 6.45) is 1.02. The summed E-state index contributed by atoms with van der Waals surface area (Å²) in [5, 5.41) is 0. The zero-order chi connectivity index (χ0) is 12.3. The Hall–Kier alpha value is -1.02. The van der Waals surface area contributed by atoms with Crippen LogP contribution in [0.2, 0.25) is 0 Å². The topological polar surface area (TPSA) is 35.2 Å². The molecule has 0 radical (unpaired) electrons. The lowest BCUT2D eigenvalue weighted by atomic mass is 9.92. The van der Waals surface area contributed by atoms with Crippen molar-refractivity contribution >= 4 is 0 Å². The van der Waals surface area contributed by atoms with Gasteiger partial charge in [-0.05, 0) is 48.9 Å². The standard InChI is InChI=1S/C14H23NO/c1-9(2)8-13(15)12-6-7-14(16-5)11(4)10(12)3/h6-7,9,13H,8,15H2,1-5H3. The first kappa shape index (κ1) is 13.0. The summed E-state index contributed by atoms with van der Waals surface area (Å²) in [5.74, 6) is 1.56. The van der Waals surface area contributed by atoms with E-state index in [0.717, 1.165) is 12.2 Å². The number of methoxy groups -OCH3 is 1. The third kappa shape index (κ3) is 2.76. The summed E-state index contributed by atoms with van der Waals surface area (Å²) < 4.78 is 5.30. The van der Waals surface area contributed by atoms with Crippen molar-refractivity contribution in [2.24, 2.45) is 11.7 Å². The molecule has 0 saturated carbocycles. The molecule has 1 unspecified atom stereocenters. The fourth-order valence-corrected chi connectivity index (χ4v) is 2.07. The lowest BCUT2D eigenvalue weighted by Crippen LogP contribution is -2.14. The van der Waals surface area contributed by atoms with Crippen LogP contribution in [0.5, 0.6) is 5.75 Å². The van der Waals surface area contributed by atoms with E-state index in [0.29, 0.717) is 5.92 Å². The van der Waals surface area contributed by atoms with E-state index in [1.807, 2.05) is 6.07 Å². The predicted octanol–water partition coefficient (Wildman–Crippen LogP) is 3.36. The number of hydrogen-bond donors (Lipinski definition) is 1. The van der Waals surface area contributed by atoms with Crippen LogP contribution < -0.4 is 10.5 Å². The van der Waals surface area contributed by atoms with Gasteiger partial charge in [0.2, 0.25) is 0 Å². The molecule has 1 rings (SSSR count). The van der Waals surface area contributed by atoms with Crippen molar-refractivity contribution in [1.29, 1.82) is 0 Å². The van der Waals surface area contributed by atoms with E-state index < -0.39 is 0 Å². The van der Waals surface area contributed by atoms with Gasteiger partial charge in [0.1, 0.15) is 5.75 Å². The van der Waals surface area contributed by atoms with Gasteiger partial charge in [-0.25, -0.2) is 0 Å². The molecule has 0 spiro atoms. The normalized spacial score (nSPS) is 12.9. The van der Waals surface area contributed by atoms with Gasteiger partial charge in [0.25, 0.3) is 0 Å². The molecule has 0 amide bonds. The van der Waals surface area contributed by atoms with Crippen molar-refractivity contribution in [2.45, 2.75) is 40.2 Å². The minimum atomic E-state index is 0.129. The molecule has 1 aromatic carbocycles. The highest BCUT2D eigenvalue weighted by molar-refractivity contribution is 5.44. The van der Waals surface area contributed by atoms with E-state index in [1.165, 1.54) is 16.7 Å². The fourth-order valence-electron chi connectivity index (χ4n) is 2.07. The van der Waals surface area contributed by atoms with Crippen molar-refractivity contribution < 1.29 is 4.74 Å². The Morgan fingerprint density at radius 1 is 1.19 bits per heavy atom. The van der Waals surface area contributed by atoms with Gasteiger partial charge >= 0.3 is 0 Å². The molecule has 2 nitrogen and oxygen atoms in total. The van der Waals surface area contributed by atoms with Crippen molar-refractivity contribution in [3.8, 4) is 5.75 Å². The molecule has 0 aliphatic rings. The van der Waals surface area contributed by atoms with Gasteiger partial charge < -0.3 is 10.5 Å². The molecule has 0 saturated heterocycles. The third-order valence-electron chi connectivity index (χ3n) is 3.12. The first-order chi connectivity index (χ1) is 7.47. The summed E-state index contributed by atoms with van der Waals surface area (Å²) in [5.41, 5.74) is 9.91. The molecule has 0 aliphatic carbocycles. The first-order valence-electron chi connectivity index (χ1n) is 5.87. The average molecular weight is 221 g/mol. The largest absolute Gasteiger partial charge is 0.496 e. The Morgan fingerprint density at radius 2 is 1.81 bits per heavy atom. The number of ether oxygens (including phenoxy) is 1. The smallest absolute Gasteiger partial charge is 0.122 e. The Kier molecular flexibility index (Phi) is 4.36. The molecule has 0 bridgehead atoms. The van der Waals surface area contributed by atoms with Crippen LogP contribution in [0.15, 0.2) is 12.1 Å². The second-order valence-corrected chi connectivity index (χ2v) is 4.84. The van der Waals surface area contributed by atoms with Crippen LogP contribution in [0.3, 0.4) is 0 Å². The Labute approximate surface area is 98.8 Å². The van der Waals surface area contributed by atoms with E-state index in [-0.39, 0.29) is 6.04 Å². The maximum absolute atomic E-state index is 6.22. The second-order valence-electron chi connectivity index (χ2n) is 4.84. The monoisotopic (exact) mass is 221 g/mol. The zero-order valence-corrected chi connectivity index (χ0v) is 11.0. The van der Waals surface area contributed by atoms with Crippen molar-refractivity contribution in [3.05, 3.63) is 28.8 Å². The summed E-state index contributed by atoms with van der Waals surface area (Å²) in [6, 6.07) is 4.23. The van der Waals surface area contributed by atoms with Crippen LogP contribution in [0.25, 0.3) is 0 Å². The first-order valence-corrected chi connectivity index (χ1v) is 5.87. The van der Waals surface area contributed by atoms with E-state index in [4.69, 9.17) is 10.5 Å². The molecule has 90 valence electrons. The van der Waals surface area contributed by atoms with E-state index in [2.05, 4.69) is 33.8 Å².